The number of aromatic nitrogens is 4. The molecule has 4 rings (SSSR count). The lowest BCUT2D eigenvalue weighted by molar-refractivity contribution is -0.131. The molecule has 0 fully saturated rings. The Kier molecular flexibility index (Phi) is 5.11. The smallest absolute Gasteiger partial charge is 0.328 e. The van der Waals surface area contributed by atoms with Gasteiger partial charge in [-0.05, 0) is 41.5 Å². The number of nitrogens with zero attached hydrogens (tertiary/aromatic N) is 3. The topological polar surface area (TPSA) is 104 Å². The van der Waals surface area contributed by atoms with Gasteiger partial charge in [-0.15, -0.1) is 0 Å². The average molecular weight is 383 g/mol. The number of carboxylic acid groups (broad SMARTS) is 1. The number of hydrogen-bond donors (Lipinski definition) is 3. The first-order chi connectivity index (χ1) is 14.2. The van der Waals surface area contributed by atoms with Gasteiger partial charge in [-0.1, -0.05) is 30.3 Å². The van der Waals surface area contributed by atoms with Crippen molar-refractivity contribution in [3.8, 4) is 22.5 Å². The van der Waals surface area contributed by atoms with Gasteiger partial charge in [0.1, 0.15) is 5.82 Å². The number of aliphatic carboxylic acids is 1. The Morgan fingerprint density at radius 2 is 1.90 bits per heavy atom. The van der Waals surface area contributed by atoms with Crippen molar-refractivity contribution in [3.63, 3.8) is 0 Å². The molecule has 29 heavy (non-hydrogen) atoms. The van der Waals surface area contributed by atoms with Crippen molar-refractivity contribution >= 4 is 23.6 Å². The van der Waals surface area contributed by atoms with Crippen LogP contribution in [0.15, 0.2) is 79.3 Å². The van der Waals surface area contributed by atoms with Crippen molar-refractivity contribution in [2.75, 3.05) is 5.32 Å². The number of nitrogens with one attached hydrogen (secondary N) is 2. The van der Waals surface area contributed by atoms with E-state index in [9.17, 15) is 4.79 Å². The quantitative estimate of drug-likeness (QED) is 0.427. The predicted octanol–water partition coefficient (Wildman–Crippen LogP) is 4.38. The van der Waals surface area contributed by atoms with Crippen LogP contribution in [-0.4, -0.2) is 31.2 Å². The van der Waals surface area contributed by atoms with Gasteiger partial charge in [-0.3, -0.25) is 5.10 Å². The third-order valence-electron chi connectivity index (χ3n) is 4.21. The Balaban J connectivity index is 1.53. The lowest BCUT2D eigenvalue weighted by Gasteiger charge is -2.08. The lowest BCUT2D eigenvalue weighted by Crippen LogP contribution is -1.97. The zero-order chi connectivity index (χ0) is 20.1. The molecule has 2 heterocycles. The summed E-state index contributed by atoms with van der Waals surface area (Å²) in [5.74, 6) is 0.227. The Bertz CT molecular complexity index is 1150. The minimum Gasteiger partial charge on any atom is -0.478 e. The van der Waals surface area contributed by atoms with Crippen LogP contribution in [0.5, 0.6) is 0 Å². The fourth-order valence-electron chi connectivity index (χ4n) is 2.82. The molecule has 7 heteroatoms. The van der Waals surface area contributed by atoms with Gasteiger partial charge < -0.3 is 10.4 Å². The van der Waals surface area contributed by atoms with Gasteiger partial charge in [-0.2, -0.15) is 5.10 Å². The lowest BCUT2D eigenvalue weighted by atomic mass is 10.1. The molecule has 0 saturated heterocycles. The molecule has 2 aromatic heterocycles. The molecule has 0 bridgehead atoms. The maximum atomic E-state index is 10.7. The highest BCUT2D eigenvalue weighted by Crippen LogP contribution is 2.23. The second-order valence-corrected chi connectivity index (χ2v) is 6.25. The molecule has 0 aliphatic rings. The number of carbonyl (C=O) groups is 1. The molecule has 0 aliphatic carbocycles. The van der Waals surface area contributed by atoms with Crippen molar-refractivity contribution in [2.24, 2.45) is 0 Å². The molecule has 2 aromatic carbocycles. The van der Waals surface area contributed by atoms with E-state index in [-0.39, 0.29) is 0 Å². The van der Waals surface area contributed by atoms with E-state index in [0.29, 0.717) is 11.6 Å². The van der Waals surface area contributed by atoms with E-state index >= 15 is 0 Å². The number of H-pyrrole nitrogens is 1. The Morgan fingerprint density at radius 1 is 1.03 bits per heavy atom. The van der Waals surface area contributed by atoms with Gasteiger partial charge in [0.05, 0.1) is 6.20 Å². The molecule has 0 radical (unpaired) electrons. The van der Waals surface area contributed by atoms with E-state index in [2.05, 4.69) is 25.5 Å². The Hall–Kier alpha value is -4.26. The van der Waals surface area contributed by atoms with Crippen LogP contribution in [0, 0.1) is 0 Å². The third kappa shape index (κ3) is 4.54. The number of anilines is 2. The number of rotatable bonds is 6. The molecular formula is C22H17N5O2. The number of hydrogen-bond acceptors (Lipinski definition) is 5. The second-order valence-electron chi connectivity index (χ2n) is 6.25. The van der Waals surface area contributed by atoms with E-state index in [0.717, 1.165) is 34.0 Å². The molecule has 0 saturated carbocycles. The van der Waals surface area contributed by atoms with Crippen molar-refractivity contribution in [2.45, 2.75) is 0 Å². The van der Waals surface area contributed by atoms with Crippen molar-refractivity contribution in [1.29, 1.82) is 0 Å². The van der Waals surface area contributed by atoms with Crippen LogP contribution in [0.4, 0.5) is 11.5 Å². The summed E-state index contributed by atoms with van der Waals surface area (Å²) in [4.78, 5) is 19.6. The number of benzene rings is 2. The Morgan fingerprint density at radius 3 is 2.66 bits per heavy atom. The van der Waals surface area contributed by atoms with Crippen molar-refractivity contribution in [1.82, 2.24) is 20.2 Å². The van der Waals surface area contributed by atoms with E-state index in [1.54, 1.807) is 18.5 Å². The molecule has 0 amide bonds. The van der Waals surface area contributed by atoms with Crippen molar-refractivity contribution in [3.05, 3.63) is 84.8 Å². The van der Waals surface area contributed by atoms with Crippen molar-refractivity contribution < 1.29 is 9.90 Å². The summed E-state index contributed by atoms with van der Waals surface area (Å²) in [7, 11) is 0. The predicted molar refractivity (Wildman–Crippen MR) is 111 cm³/mol. The Labute approximate surface area is 166 Å². The summed E-state index contributed by atoms with van der Waals surface area (Å²) >= 11 is 0. The minimum absolute atomic E-state index is 0.551. The zero-order valence-corrected chi connectivity index (χ0v) is 15.3. The molecule has 0 atom stereocenters. The fourth-order valence-corrected chi connectivity index (χ4v) is 2.82. The van der Waals surface area contributed by atoms with Crippen LogP contribution in [-0.2, 0) is 4.79 Å². The van der Waals surface area contributed by atoms with E-state index in [4.69, 9.17) is 5.11 Å². The summed E-state index contributed by atoms with van der Waals surface area (Å²) in [6.07, 6.45) is 7.95. The highest BCUT2D eigenvalue weighted by Gasteiger charge is 2.05. The van der Waals surface area contributed by atoms with E-state index < -0.39 is 5.97 Å². The van der Waals surface area contributed by atoms with E-state index in [1.165, 1.54) is 6.08 Å². The molecule has 3 N–H and O–H groups in total. The first-order valence-corrected chi connectivity index (χ1v) is 8.88. The largest absolute Gasteiger partial charge is 0.478 e. The minimum atomic E-state index is -0.989. The third-order valence-corrected chi connectivity index (χ3v) is 4.21. The summed E-state index contributed by atoms with van der Waals surface area (Å²) in [6, 6.07) is 17.2. The molecule has 0 spiro atoms. The van der Waals surface area contributed by atoms with Gasteiger partial charge in [0, 0.05) is 35.3 Å². The summed E-state index contributed by atoms with van der Waals surface area (Å²) in [5.41, 5.74) is 4.56. The average Bonchev–Trinajstić information content (AvgIpc) is 3.28. The monoisotopic (exact) mass is 383 g/mol. The van der Waals surface area contributed by atoms with Gasteiger partial charge >= 0.3 is 5.97 Å². The van der Waals surface area contributed by atoms with Gasteiger partial charge in [0.15, 0.2) is 5.82 Å². The molecule has 0 aliphatic heterocycles. The maximum Gasteiger partial charge on any atom is 0.328 e. The van der Waals surface area contributed by atoms with Crippen LogP contribution in [0.25, 0.3) is 28.6 Å². The van der Waals surface area contributed by atoms with Crippen LogP contribution in [0.3, 0.4) is 0 Å². The molecule has 7 nitrogen and oxygen atoms in total. The molecule has 0 unspecified atom stereocenters. The summed E-state index contributed by atoms with van der Waals surface area (Å²) in [6.45, 7) is 0. The number of carboxylic acids is 1. The summed E-state index contributed by atoms with van der Waals surface area (Å²) in [5, 5.41) is 18.8. The van der Waals surface area contributed by atoms with Gasteiger partial charge in [0.25, 0.3) is 0 Å². The van der Waals surface area contributed by atoms with Gasteiger partial charge in [0.2, 0.25) is 0 Å². The molecule has 142 valence electrons. The fraction of sp³-hybridized carbons (Fsp3) is 0. The standard InChI is InChI=1S/C22H17N5O2/c28-21(29)9-4-15-2-1-3-17(12-15)22-23-11-10-20(27-22)26-19-7-5-16(6-8-19)18-13-24-25-14-18/h1-14H,(H,24,25)(H,28,29)(H,23,26,27)/b9-4+. The highest BCUT2D eigenvalue weighted by atomic mass is 16.4. The van der Waals surface area contributed by atoms with Crippen LogP contribution in [0.1, 0.15) is 5.56 Å². The molecule has 4 aromatic rings. The van der Waals surface area contributed by atoms with E-state index in [1.807, 2.05) is 54.7 Å². The maximum absolute atomic E-state index is 10.7. The SMILES string of the molecule is O=C(O)/C=C/c1cccc(-c2nccc(Nc3ccc(-c4cn[nH]c4)cc3)n2)c1. The first kappa shape index (κ1) is 18.1. The molecular weight excluding hydrogens is 366 g/mol. The normalized spacial score (nSPS) is 10.9. The van der Waals surface area contributed by atoms with Crippen LogP contribution in [0.2, 0.25) is 0 Å². The second kappa shape index (κ2) is 8.18. The van der Waals surface area contributed by atoms with Crippen LogP contribution >= 0.6 is 0 Å². The summed E-state index contributed by atoms with van der Waals surface area (Å²) < 4.78 is 0. The highest BCUT2D eigenvalue weighted by molar-refractivity contribution is 5.85. The van der Waals surface area contributed by atoms with Crippen LogP contribution < -0.4 is 5.32 Å². The number of aromatic amines is 1. The zero-order valence-electron chi connectivity index (χ0n) is 15.3. The van der Waals surface area contributed by atoms with Gasteiger partial charge in [-0.25, -0.2) is 14.8 Å². The first-order valence-electron chi connectivity index (χ1n) is 8.88.